The molecule has 5 heteroatoms. The fraction of sp³-hybridized carbons (Fsp3) is 0.120. The number of hydrogen-bond acceptors (Lipinski definition) is 3. The first-order chi connectivity index (χ1) is 14.7. The van der Waals surface area contributed by atoms with Gasteiger partial charge in [-0.15, -0.1) is 10.2 Å². The zero-order valence-corrected chi connectivity index (χ0v) is 16.9. The Hall–Kier alpha value is -3.37. The maximum Gasteiger partial charge on any atom is 0.203 e. The third-order valence-corrected chi connectivity index (χ3v) is 6.17. The van der Waals surface area contributed by atoms with Gasteiger partial charge in [0, 0.05) is 11.2 Å². The lowest BCUT2D eigenvalue weighted by atomic mass is 9.95. The van der Waals surface area contributed by atoms with E-state index in [9.17, 15) is 0 Å². The number of halogens is 1. The minimum atomic E-state index is -0.106. The minimum Gasteiger partial charge on any atom is -0.453 e. The van der Waals surface area contributed by atoms with Gasteiger partial charge < -0.3 is 4.74 Å². The molecule has 0 N–H and O–H groups in total. The van der Waals surface area contributed by atoms with Gasteiger partial charge in [-0.05, 0) is 65.6 Å². The smallest absolute Gasteiger partial charge is 0.203 e. The van der Waals surface area contributed by atoms with Gasteiger partial charge in [0.2, 0.25) is 5.65 Å². The topological polar surface area (TPSA) is 39.4 Å². The summed E-state index contributed by atoms with van der Waals surface area (Å²) in [5.41, 5.74) is 1.84. The molecular weight excluding hydrogens is 394 g/mol. The second kappa shape index (κ2) is 6.57. The summed E-state index contributed by atoms with van der Waals surface area (Å²) in [6, 6.07) is 26.3. The molecule has 3 aromatic carbocycles. The lowest BCUT2D eigenvalue weighted by Gasteiger charge is -2.14. The standard InChI is InChI=1S/C25H18ClN3O/c26-20-10-8-19(9-11-20)25(13-14-25)24-28-27-23-22(6-3-15-29(23)24)30-21-12-7-17-4-1-2-5-18(17)16-21/h1-12,15-16H,13-14H2. The highest BCUT2D eigenvalue weighted by atomic mass is 35.5. The van der Waals surface area contributed by atoms with Crippen LogP contribution in [0, 0.1) is 0 Å². The van der Waals surface area contributed by atoms with Crippen molar-refractivity contribution in [3.63, 3.8) is 0 Å². The molecule has 1 saturated carbocycles. The number of benzene rings is 3. The first-order valence-electron chi connectivity index (χ1n) is 10.00. The molecule has 4 nitrogen and oxygen atoms in total. The van der Waals surface area contributed by atoms with Crippen LogP contribution < -0.4 is 4.74 Å². The normalized spacial score (nSPS) is 14.8. The molecule has 0 saturated heterocycles. The van der Waals surface area contributed by atoms with E-state index in [0.29, 0.717) is 5.75 Å². The fourth-order valence-corrected chi connectivity index (χ4v) is 4.32. The van der Waals surface area contributed by atoms with Crippen LogP contribution in [-0.2, 0) is 5.41 Å². The predicted octanol–water partition coefficient (Wildman–Crippen LogP) is 6.41. The van der Waals surface area contributed by atoms with Crippen molar-refractivity contribution in [2.75, 3.05) is 0 Å². The highest BCUT2D eigenvalue weighted by Gasteiger charge is 2.49. The van der Waals surface area contributed by atoms with E-state index in [1.54, 1.807) is 0 Å². The quantitative estimate of drug-likeness (QED) is 0.343. The van der Waals surface area contributed by atoms with Gasteiger partial charge in [0.05, 0.1) is 5.41 Å². The lowest BCUT2D eigenvalue weighted by Crippen LogP contribution is -2.13. The summed E-state index contributed by atoms with van der Waals surface area (Å²) in [6.07, 6.45) is 4.10. The molecule has 0 radical (unpaired) electrons. The van der Waals surface area contributed by atoms with Crippen molar-refractivity contribution in [2.24, 2.45) is 0 Å². The third kappa shape index (κ3) is 2.76. The Bertz CT molecular complexity index is 1390. The first-order valence-corrected chi connectivity index (χ1v) is 10.4. The average molecular weight is 412 g/mol. The summed E-state index contributed by atoms with van der Waals surface area (Å²) < 4.78 is 8.28. The molecule has 5 aromatic rings. The molecule has 0 bridgehead atoms. The number of pyridine rings is 1. The van der Waals surface area contributed by atoms with Crippen LogP contribution in [0.25, 0.3) is 16.4 Å². The number of hydrogen-bond donors (Lipinski definition) is 0. The molecule has 0 spiro atoms. The molecular formula is C25H18ClN3O. The van der Waals surface area contributed by atoms with Crippen LogP contribution in [0.5, 0.6) is 11.5 Å². The van der Waals surface area contributed by atoms with Crippen molar-refractivity contribution in [1.29, 1.82) is 0 Å². The van der Waals surface area contributed by atoms with E-state index in [2.05, 4.69) is 44.9 Å². The van der Waals surface area contributed by atoms with Gasteiger partial charge in [-0.1, -0.05) is 54.1 Å². The van der Waals surface area contributed by atoms with E-state index in [0.717, 1.165) is 40.5 Å². The van der Waals surface area contributed by atoms with Gasteiger partial charge in [-0.25, -0.2) is 0 Å². The minimum absolute atomic E-state index is 0.106. The molecule has 0 aliphatic heterocycles. The zero-order valence-electron chi connectivity index (χ0n) is 16.1. The van der Waals surface area contributed by atoms with Gasteiger partial charge in [0.1, 0.15) is 11.6 Å². The summed E-state index contributed by atoms with van der Waals surface area (Å²) in [7, 11) is 0. The highest BCUT2D eigenvalue weighted by Crippen LogP contribution is 2.53. The van der Waals surface area contributed by atoms with Gasteiger partial charge in [0.15, 0.2) is 5.75 Å². The Kier molecular flexibility index (Phi) is 3.83. The number of rotatable bonds is 4. The Labute approximate surface area is 178 Å². The van der Waals surface area contributed by atoms with Gasteiger partial charge >= 0.3 is 0 Å². The van der Waals surface area contributed by atoms with Crippen LogP contribution in [0.4, 0.5) is 0 Å². The summed E-state index contributed by atoms with van der Waals surface area (Å²) in [5, 5.41) is 12.1. The number of aromatic nitrogens is 3. The van der Waals surface area contributed by atoms with Crippen molar-refractivity contribution in [3.05, 3.63) is 101 Å². The van der Waals surface area contributed by atoms with E-state index in [1.807, 2.05) is 54.7 Å². The molecule has 1 aliphatic rings. The molecule has 2 aromatic heterocycles. The van der Waals surface area contributed by atoms with Crippen molar-refractivity contribution in [3.8, 4) is 11.5 Å². The predicted molar refractivity (Wildman–Crippen MR) is 118 cm³/mol. The Morgan fingerprint density at radius 1 is 0.833 bits per heavy atom. The van der Waals surface area contributed by atoms with Gasteiger partial charge in [-0.2, -0.15) is 0 Å². The van der Waals surface area contributed by atoms with E-state index in [-0.39, 0.29) is 5.41 Å². The molecule has 0 unspecified atom stereocenters. The van der Waals surface area contributed by atoms with Crippen molar-refractivity contribution < 1.29 is 4.74 Å². The van der Waals surface area contributed by atoms with Crippen molar-refractivity contribution >= 4 is 28.0 Å². The molecule has 1 aliphatic carbocycles. The molecule has 0 atom stereocenters. The highest BCUT2D eigenvalue weighted by molar-refractivity contribution is 6.30. The summed E-state index contributed by atoms with van der Waals surface area (Å²) in [4.78, 5) is 0. The van der Waals surface area contributed by atoms with Crippen LogP contribution >= 0.6 is 11.6 Å². The third-order valence-electron chi connectivity index (χ3n) is 5.92. The maximum atomic E-state index is 6.23. The maximum absolute atomic E-state index is 6.23. The van der Waals surface area contributed by atoms with Crippen LogP contribution in [0.15, 0.2) is 85.1 Å². The average Bonchev–Trinajstić information content (AvgIpc) is 3.46. The molecule has 6 rings (SSSR count). The van der Waals surface area contributed by atoms with Crippen molar-refractivity contribution in [2.45, 2.75) is 18.3 Å². The largest absolute Gasteiger partial charge is 0.453 e. The van der Waals surface area contributed by atoms with Crippen LogP contribution in [0.2, 0.25) is 5.02 Å². The molecule has 146 valence electrons. The van der Waals surface area contributed by atoms with Crippen molar-refractivity contribution in [1.82, 2.24) is 14.6 Å². The molecule has 1 fully saturated rings. The number of ether oxygens (including phenoxy) is 1. The van der Waals surface area contributed by atoms with Crippen LogP contribution in [0.3, 0.4) is 0 Å². The van der Waals surface area contributed by atoms with Gasteiger partial charge in [0.25, 0.3) is 0 Å². The van der Waals surface area contributed by atoms with Crippen LogP contribution in [0.1, 0.15) is 24.2 Å². The monoisotopic (exact) mass is 411 g/mol. The van der Waals surface area contributed by atoms with E-state index in [1.165, 1.54) is 10.9 Å². The summed E-state index contributed by atoms with van der Waals surface area (Å²) in [5.74, 6) is 2.42. The van der Waals surface area contributed by atoms with E-state index in [4.69, 9.17) is 16.3 Å². The number of nitrogens with zero attached hydrogens (tertiary/aromatic N) is 3. The summed E-state index contributed by atoms with van der Waals surface area (Å²) in [6.45, 7) is 0. The Morgan fingerprint density at radius 3 is 2.43 bits per heavy atom. The Balaban J connectivity index is 1.40. The molecule has 2 heterocycles. The zero-order chi connectivity index (χ0) is 20.1. The lowest BCUT2D eigenvalue weighted by molar-refractivity contribution is 0.485. The molecule has 0 amide bonds. The second-order valence-corrected chi connectivity index (χ2v) is 8.23. The fourth-order valence-electron chi connectivity index (χ4n) is 4.19. The Morgan fingerprint density at radius 2 is 1.63 bits per heavy atom. The van der Waals surface area contributed by atoms with Gasteiger partial charge in [-0.3, -0.25) is 4.40 Å². The van der Waals surface area contributed by atoms with E-state index < -0.39 is 0 Å². The first kappa shape index (κ1) is 17.5. The number of fused-ring (bicyclic) bond motifs is 2. The summed E-state index contributed by atoms with van der Waals surface area (Å²) >= 11 is 6.09. The van der Waals surface area contributed by atoms with E-state index >= 15 is 0 Å². The SMILES string of the molecule is Clc1ccc(C2(c3nnc4c(Oc5ccc6ccccc6c5)cccn34)CC2)cc1. The second-order valence-electron chi connectivity index (χ2n) is 7.79. The molecule has 30 heavy (non-hydrogen) atoms. The van der Waals surface area contributed by atoms with Crippen LogP contribution in [-0.4, -0.2) is 14.6 Å².